The molecule has 1 aromatic heterocycles. The molecule has 0 fully saturated rings. The van der Waals surface area contributed by atoms with Gasteiger partial charge in [0.05, 0.1) is 32.0 Å². The van der Waals surface area contributed by atoms with Crippen LogP contribution in [0.4, 0.5) is 5.69 Å². The number of ether oxygens (including phenoxy) is 1. The van der Waals surface area contributed by atoms with E-state index in [0.717, 1.165) is 65.8 Å². The van der Waals surface area contributed by atoms with Gasteiger partial charge in [0.1, 0.15) is 0 Å². The molecule has 0 unspecified atom stereocenters. The third-order valence-electron chi connectivity index (χ3n) is 8.13. The lowest BCUT2D eigenvalue weighted by Gasteiger charge is -2.19. The molecule has 5 rings (SSSR count). The molecule has 11 nitrogen and oxygen atoms in total. The molecule has 14 heteroatoms. The number of nitrogens with one attached hydrogen (secondary N) is 1. The number of oxazole rings is 1. The van der Waals surface area contributed by atoms with E-state index < -0.39 is 31.7 Å². The number of allylic oxidation sites excluding steroid dienone is 6. The van der Waals surface area contributed by atoms with Gasteiger partial charge in [-0.15, -0.1) is 0 Å². The van der Waals surface area contributed by atoms with Crippen molar-refractivity contribution in [2.24, 2.45) is 0 Å². The number of hydrogen-bond acceptors (Lipinski definition) is 10. The summed E-state index contributed by atoms with van der Waals surface area (Å²) in [6.07, 6.45) is 10.1. The topological polar surface area (TPSA) is 156 Å². The van der Waals surface area contributed by atoms with Gasteiger partial charge in [0.25, 0.3) is 5.52 Å². The predicted molar refractivity (Wildman–Crippen MR) is 206 cm³/mol. The number of aryl methyl sites for hydroxylation is 3. The summed E-state index contributed by atoms with van der Waals surface area (Å²) in [5.74, 6) is 0.735. The maximum atomic E-state index is 11.2. The Kier molecular flexibility index (Phi) is 16.6. The molecule has 0 saturated heterocycles. The summed E-state index contributed by atoms with van der Waals surface area (Å²) in [7, 11) is -8.67. The van der Waals surface area contributed by atoms with Gasteiger partial charge in [0.15, 0.2) is 12.3 Å². The lowest BCUT2D eigenvalue weighted by molar-refractivity contribution is -0.677. The largest absolute Gasteiger partial charge is 0.748 e. The highest BCUT2D eigenvalue weighted by Crippen LogP contribution is 2.40. The van der Waals surface area contributed by atoms with E-state index >= 15 is 0 Å². The fourth-order valence-electron chi connectivity index (χ4n) is 5.73. The minimum absolute atomic E-state index is 0.153. The second-order valence-electron chi connectivity index (χ2n) is 12.2. The van der Waals surface area contributed by atoms with Gasteiger partial charge < -0.3 is 28.5 Å². The highest BCUT2D eigenvalue weighted by molar-refractivity contribution is 7.85. The molecule has 286 valence electrons. The Morgan fingerprint density at radius 3 is 2.21 bits per heavy atom. The van der Waals surface area contributed by atoms with Gasteiger partial charge in [0, 0.05) is 35.6 Å². The maximum Gasteiger partial charge on any atom is 0.374 e. The molecular formula is C38H51ClN3O8S2-. The van der Waals surface area contributed by atoms with Gasteiger partial charge in [-0.3, -0.25) is 0 Å². The molecule has 0 spiro atoms. The summed E-state index contributed by atoms with van der Waals surface area (Å²) in [5, 5.41) is 3.71. The van der Waals surface area contributed by atoms with Crippen molar-refractivity contribution in [1.82, 2.24) is 5.32 Å². The van der Waals surface area contributed by atoms with E-state index in [1.807, 2.05) is 97.9 Å². The summed E-state index contributed by atoms with van der Waals surface area (Å²) >= 11 is 6.89. The highest BCUT2D eigenvalue weighted by Gasteiger charge is 2.26. The normalized spacial score (nSPS) is 16.2. The Labute approximate surface area is 314 Å². The first-order valence-electron chi connectivity index (χ1n) is 17.7. The standard InChI is InChI=1S/C32H35ClN2O8S2.C4H11N.C2H6/c1-22-8-12-28-26(20-22)34(16-4-18-44(36,37)38)30(42-28)14-10-24-6-3-7-25(32(24)33)11-15-31-35(17-5-19-45(39,40)41)27-21-23(2)9-13-29(27)43-31;1-3-5-4-2;1-2/h8-15,20-21H,3-7,16-19H2,1-2H3,(H-,36,37,38,39,40,41);5H,3-4H2,1-2H3;1-2H3/p-1. The minimum Gasteiger partial charge on any atom is -0.748 e. The van der Waals surface area contributed by atoms with Gasteiger partial charge in [-0.05, 0) is 105 Å². The molecule has 2 heterocycles. The van der Waals surface area contributed by atoms with Crippen LogP contribution in [0.15, 0.2) is 81.1 Å². The zero-order chi connectivity index (χ0) is 38.5. The number of aromatic nitrogens is 1. The summed E-state index contributed by atoms with van der Waals surface area (Å²) in [6, 6.07) is 11.5. The number of nitrogens with zero attached hydrogens (tertiary/aromatic N) is 2. The van der Waals surface area contributed by atoms with Crippen LogP contribution in [0.3, 0.4) is 0 Å². The van der Waals surface area contributed by atoms with Crippen LogP contribution in [0.25, 0.3) is 17.2 Å². The SMILES string of the molecule is CC.CCNCC.Cc1ccc2c(c1)N(CCCS(=O)(=O)[O-])C(=CC=C1CCCC(C=Cc3oc4ccc(C)cc4[n+]3CCCS(=O)(=O)[O-])=C1Cl)O2. The maximum absolute atomic E-state index is 11.2. The molecule has 0 amide bonds. The summed E-state index contributed by atoms with van der Waals surface area (Å²) < 4.78 is 81.2. The van der Waals surface area contributed by atoms with Crippen LogP contribution in [0, 0.1) is 13.8 Å². The zero-order valence-electron chi connectivity index (χ0n) is 30.9. The van der Waals surface area contributed by atoms with Gasteiger partial charge in [0.2, 0.25) is 11.5 Å². The molecule has 3 aromatic rings. The number of anilines is 1. The Hall–Kier alpha value is -3.46. The van der Waals surface area contributed by atoms with Crippen LogP contribution < -0.4 is 19.5 Å². The summed E-state index contributed by atoms with van der Waals surface area (Å²) in [4.78, 5) is 1.87. The smallest absolute Gasteiger partial charge is 0.374 e. The number of benzene rings is 2. The van der Waals surface area contributed by atoms with E-state index in [0.29, 0.717) is 41.2 Å². The molecule has 2 aliphatic rings. The van der Waals surface area contributed by atoms with E-state index in [9.17, 15) is 25.9 Å². The van der Waals surface area contributed by atoms with E-state index in [4.69, 9.17) is 20.8 Å². The van der Waals surface area contributed by atoms with Crippen molar-refractivity contribution in [1.29, 1.82) is 0 Å². The van der Waals surface area contributed by atoms with Gasteiger partial charge in [-0.2, -0.15) is 4.57 Å². The van der Waals surface area contributed by atoms with Crippen molar-refractivity contribution < 1.29 is 39.7 Å². The average molecular weight is 777 g/mol. The zero-order valence-corrected chi connectivity index (χ0v) is 33.3. The van der Waals surface area contributed by atoms with Crippen molar-refractivity contribution in [3.8, 4) is 5.75 Å². The average Bonchev–Trinajstić information content (AvgIpc) is 3.60. The number of halogens is 1. The molecule has 0 radical (unpaired) electrons. The quantitative estimate of drug-likeness (QED) is 0.139. The Morgan fingerprint density at radius 2 is 1.56 bits per heavy atom. The minimum atomic E-state index is -4.33. The van der Waals surface area contributed by atoms with Crippen molar-refractivity contribution in [2.45, 2.75) is 80.2 Å². The molecular weight excluding hydrogens is 726 g/mol. The van der Waals surface area contributed by atoms with E-state index in [2.05, 4.69) is 19.2 Å². The Morgan fingerprint density at radius 1 is 0.904 bits per heavy atom. The van der Waals surface area contributed by atoms with Gasteiger partial charge >= 0.3 is 5.89 Å². The fourth-order valence-corrected chi connectivity index (χ4v) is 7.01. The van der Waals surface area contributed by atoms with Crippen LogP contribution in [-0.2, 0) is 26.8 Å². The number of fused-ring (bicyclic) bond motifs is 2. The lowest BCUT2D eigenvalue weighted by atomic mass is 9.94. The first kappa shape index (κ1) is 42.9. The highest BCUT2D eigenvalue weighted by atomic mass is 35.5. The second-order valence-corrected chi connectivity index (χ2v) is 15.6. The summed E-state index contributed by atoms with van der Waals surface area (Å²) in [6.45, 7) is 14.9. The third-order valence-corrected chi connectivity index (χ3v) is 10.2. The molecule has 0 bridgehead atoms. The van der Waals surface area contributed by atoms with Crippen LogP contribution in [-0.4, -0.2) is 57.1 Å². The molecule has 0 saturated carbocycles. The fraction of sp³-hybridized carbons (Fsp3) is 0.447. The van der Waals surface area contributed by atoms with Crippen LogP contribution >= 0.6 is 11.6 Å². The third kappa shape index (κ3) is 12.9. The Balaban J connectivity index is 0.000000959. The van der Waals surface area contributed by atoms with Gasteiger partial charge in [-0.25, -0.2) is 16.8 Å². The van der Waals surface area contributed by atoms with Crippen LogP contribution in [0.1, 0.15) is 76.8 Å². The molecule has 1 aliphatic heterocycles. The first-order valence-corrected chi connectivity index (χ1v) is 21.3. The van der Waals surface area contributed by atoms with Crippen molar-refractivity contribution in [3.63, 3.8) is 0 Å². The Bertz CT molecular complexity index is 2010. The lowest BCUT2D eigenvalue weighted by Crippen LogP contribution is -2.36. The molecule has 1 aliphatic carbocycles. The monoisotopic (exact) mass is 776 g/mol. The first-order chi connectivity index (χ1) is 24.7. The van der Waals surface area contributed by atoms with Crippen molar-refractivity contribution in [2.75, 3.05) is 36.0 Å². The van der Waals surface area contributed by atoms with Gasteiger partial charge in [-0.1, -0.05) is 57.5 Å². The molecule has 1 N–H and O–H groups in total. The van der Waals surface area contributed by atoms with Crippen molar-refractivity contribution >= 4 is 54.7 Å². The van der Waals surface area contributed by atoms with Crippen LogP contribution in [0.5, 0.6) is 5.75 Å². The van der Waals surface area contributed by atoms with Crippen LogP contribution in [0.2, 0.25) is 0 Å². The summed E-state index contributed by atoms with van der Waals surface area (Å²) in [5.41, 5.74) is 6.10. The molecule has 2 aromatic carbocycles. The molecule has 0 atom stereocenters. The second kappa shape index (κ2) is 20.1. The van der Waals surface area contributed by atoms with E-state index in [1.165, 1.54) is 0 Å². The number of hydrogen-bond donors (Lipinski definition) is 1. The van der Waals surface area contributed by atoms with E-state index in [1.54, 1.807) is 0 Å². The molecule has 52 heavy (non-hydrogen) atoms. The van der Waals surface area contributed by atoms with E-state index in [-0.39, 0.29) is 12.8 Å². The number of rotatable bonds is 13. The predicted octanol–water partition coefficient (Wildman–Crippen LogP) is 7.21. The van der Waals surface area contributed by atoms with Crippen molar-refractivity contribution in [3.05, 3.63) is 93.7 Å².